The summed E-state index contributed by atoms with van der Waals surface area (Å²) in [5.41, 5.74) is 2.11. The molecule has 2 N–H and O–H groups in total. The molecule has 2 aromatic rings. The molecule has 0 saturated carbocycles. The number of para-hydroxylation sites is 1. The Bertz CT molecular complexity index is 655. The van der Waals surface area contributed by atoms with Gasteiger partial charge in [0.15, 0.2) is 0 Å². The van der Waals surface area contributed by atoms with Crippen LogP contribution < -0.4 is 10.6 Å². The molecule has 0 aromatic heterocycles. The minimum atomic E-state index is -0.802. The molecule has 0 bridgehead atoms. The molecule has 0 fully saturated rings. The summed E-state index contributed by atoms with van der Waals surface area (Å²) in [5.74, 6) is -2.15. The van der Waals surface area contributed by atoms with Gasteiger partial charge in [0.25, 0.3) is 5.91 Å². The highest BCUT2D eigenvalue weighted by molar-refractivity contribution is 6.05. The maximum absolute atomic E-state index is 13.7. The highest BCUT2D eigenvalue weighted by Crippen LogP contribution is 2.23. The average molecular weight is 290 g/mol. The van der Waals surface area contributed by atoms with Crippen LogP contribution in [0.15, 0.2) is 30.3 Å². The summed E-state index contributed by atoms with van der Waals surface area (Å²) in [5, 5.41) is 5.11. The van der Waals surface area contributed by atoms with Gasteiger partial charge in [-0.2, -0.15) is 0 Å². The van der Waals surface area contributed by atoms with Crippen LogP contribution in [0.3, 0.4) is 0 Å². The number of benzene rings is 2. The molecule has 0 saturated heterocycles. The highest BCUT2D eigenvalue weighted by Gasteiger charge is 2.15. The fraction of sp³-hybridized carbons (Fsp3) is 0.188. The number of carbonyl (C=O) groups is 1. The summed E-state index contributed by atoms with van der Waals surface area (Å²) in [7, 11) is 1.41. The number of rotatable bonds is 3. The third-order valence-electron chi connectivity index (χ3n) is 3.27. The van der Waals surface area contributed by atoms with Gasteiger partial charge in [-0.05, 0) is 37.1 Å². The molecular formula is C16H16F2N2O. The number of carbonyl (C=O) groups excluding carboxylic acids is 1. The standard InChI is InChI=1S/C16H16F2N2O/c1-9-5-4-6-10(2)14(9)20-16(21)11-7-12(17)15(19-3)13(18)8-11/h4-8,19H,1-3H3,(H,20,21). The minimum Gasteiger partial charge on any atom is -0.383 e. The summed E-state index contributed by atoms with van der Waals surface area (Å²) in [4.78, 5) is 12.2. The lowest BCUT2D eigenvalue weighted by Gasteiger charge is -2.12. The Morgan fingerprint density at radius 3 is 2.00 bits per heavy atom. The lowest BCUT2D eigenvalue weighted by atomic mass is 10.1. The Kier molecular flexibility index (Phi) is 4.21. The fourth-order valence-electron chi connectivity index (χ4n) is 2.14. The molecule has 3 nitrogen and oxygen atoms in total. The van der Waals surface area contributed by atoms with E-state index < -0.39 is 17.5 Å². The summed E-state index contributed by atoms with van der Waals surface area (Å²) < 4.78 is 27.4. The van der Waals surface area contributed by atoms with Crippen LogP contribution in [0.25, 0.3) is 0 Å². The first-order valence-corrected chi connectivity index (χ1v) is 6.48. The van der Waals surface area contributed by atoms with Crippen LogP contribution in [0.1, 0.15) is 21.5 Å². The van der Waals surface area contributed by atoms with Gasteiger partial charge < -0.3 is 10.6 Å². The zero-order valence-electron chi connectivity index (χ0n) is 12.1. The van der Waals surface area contributed by atoms with Crippen molar-refractivity contribution in [3.63, 3.8) is 0 Å². The lowest BCUT2D eigenvalue weighted by molar-refractivity contribution is 0.102. The Balaban J connectivity index is 2.33. The number of anilines is 2. The van der Waals surface area contributed by atoms with Crippen molar-refractivity contribution >= 4 is 17.3 Å². The normalized spacial score (nSPS) is 10.3. The topological polar surface area (TPSA) is 41.1 Å². The molecule has 110 valence electrons. The van der Waals surface area contributed by atoms with E-state index in [0.29, 0.717) is 5.69 Å². The third kappa shape index (κ3) is 3.02. The number of hydrogen-bond acceptors (Lipinski definition) is 2. The van der Waals surface area contributed by atoms with Crippen LogP contribution >= 0.6 is 0 Å². The fourth-order valence-corrected chi connectivity index (χ4v) is 2.14. The smallest absolute Gasteiger partial charge is 0.255 e. The number of halogens is 2. The quantitative estimate of drug-likeness (QED) is 0.900. The summed E-state index contributed by atoms with van der Waals surface area (Å²) >= 11 is 0. The van der Waals surface area contributed by atoms with Crippen molar-refractivity contribution in [2.24, 2.45) is 0 Å². The average Bonchev–Trinajstić information content (AvgIpc) is 2.42. The molecule has 0 aliphatic carbocycles. The monoisotopic (exact) mass is 290 g/mol. The molecule has 0 aliphatic rings. The van der Waals surface area contributed by atoms with E-state index >= 15 is 0 Å². The van der Waals surface area contributed by atoms with Crippen molar-refractivity contribution in [2.75, 3.05) is 17.7 Å². The van der Waals surface area contributed by atoms with Gasteiger partial charge in [0, 0.05) is 18.3 Å². The van der Waals surface area contributed by atoms with E-state index in [1.54, 1.807) is 0 Å². The van der Waals surface area contributed by atoms with Crippen molar-refractivity contribution in [3.05, 3.63) is 58.7 Å². The van der Waals surface area contributed by atoms with E-state index in [9.17, 15) is 13.6 Å². The van der Waals surface area contributed by atoms with E-state index in [0.717, 1.165) is 23.3 Å². The van der Waals surface area contributed by atoms with Gasteiger partial charge in [-0.25, -0.2) is 8.78 Å². The van der Waals surface area contributed by atoms with Crippen LogP contribution in [0, 0.1) is 25.5 Å². The van der Waals surface area contributed by atoms with Gasteiger partial charge in [-0.1, -0.05) is 18.2 Å². The third-order valence-corrected chi connectivity index (χ3v) is 3.27. The first-order chi connectivity index (χ1) is 9.93. The molecule has 0 unspecified atom stereocenters. The number of amides is 1. The molecular weight excluding hydrogens is 274 g/mol. The van der Waals surface area contributed by atoms with Crippen molar-refractivity contribution in [2.45, 2.75) is 13.8 Å². The Labute approximate surface area is 122 Å². The summed E-state index contributed by atoms with van der Waals surface area (Å²) in [6, 6.07) is 7.61. The minimum absolute atomic E-state index is 0.0633. The van der Waals surface area contributed by atoms with E-state index in [1.165, 1.54) is 7.05 Å². The number of hydrogen-bond donors (Lipinski definition) is 2. The Morgan fingerprint density at radius 2 is 1.52 bits per heavy atom. The van der Waals surface area contributed by atoms with Crippen LogP contribution in [-0.4, -0.2) is 13.0 Å². The zero-order chi connectivity index (χ0) is 15.6. The molecule has 0 atom stereocenters. The Morgan fingerprint density at radius 1 is 1.00 bits per heavy atom. The largest absolute Gasteiger partial charge is 0.383 e. The van der Waals surface area contributed by atoms with E-state index in [1.807, 2.05) is 32.0 Å². The molecule has 2 rings (SSSR count). The van der Waals surface area contributed by atoms with Gasteiger partial charge in [0.1, 0.15) is 17.3 Å². The second-order valence-electron chi connectivity index (χ2n) is 4.79. The maximum atomic E-state index is 13.7. The van der Waals surface area contributed by atoms with Gasteiger partial charge >= 0.3 is 0 Å². The maximum Gasteiger partial charge on any atom is 0.255 e. The SMILES string of the molecule is CNc1c(F)cc(C(=O)Nc2c(C)cccc2C)cc1F. The first kappa shape index (κ1) is 15.0. The molecule has 5 heteroatoms. The van der Waals surface area contributed by atoms with Crippen LogP contribution in [-0.2, 0) is 0 Å². The van der Waals surface area contributed by atoms with Crippen molar-refractivity contribution in [3.8, 4) is 0 Å². The second-order valence-corrected chi connectivity index (χ2v) is 4.79. The summed E-state index contributed by atoms with van der Waals surface area (Å²) in [6.45, 7) is 3.71. The van der Waals surface area contributed by atoms with Gasteiger partial charge in [-0.3, -0.25) is 4.79 Å². The number of aryl methyl sites for hydroxylation is 2. The van der Waals surface area contributed by atoms with Gasteiger partial charge in [-0.15, -0.1) is 0 Å². The van der Waals surface area contributed by atoms with Gasteiger partial charge in [0.2, 0.25) is 0 Å². The van der Waals surface area contributed by atoms with Crippen molar-refractivity contribution < 1.29 is 13.6 Å². The number of nitrogens with one attached hydrogen (secondary N) is 2. The molecule has 0 aliphatic heterocycles. The molecule has 1 amide bonds. The molecule has 21 heavy (non-hydrogen) atoms. The van der Waals surface area contributed by atoms with Crippen LogP contribution in [0.2, 0.25) is 0 Å². The molecule has 0 spiro atoms. The predicted octanol–water partition coefficient (Wildman–Crippen LogP) is 3.88. The van der Waals surface area contributed by atoms with Crippen LogP contribution in [0.4, 0.5) is 20.2 Å². The second kappa shape index (κ2) is 5.91. The van der Waals surface area contributed by atoms with Crippen molar-refractivity contribution in [1.82, 2.24) is 0 Å². The lowest BCUT2D eigenvalue weighted by Crippen LogP contribution is -2.15. The van der Waals surface area contributed by atoms with Gasteiger partial charge in [0.05, 0.1) is 0 Å². The van der Waals surface area contributed by atoms with E-state index in [4.69, 9.17) is 0 Å². The molecule has 0 radical (unpaired) electrons. The van der Waals surface area contributed by atoms with E-state index in [2.05, 4.69) is 10.6 Å². The zero-order valence-corrected chi connectivity index (χ0v) is 12.1. The van der Waals surface area contributed by atoms with Crippen molar-refractivity contribution in [1.29, 1.82) is 0 Å². The Hall–Kier alpha value is -2.43. The highest BCUT2D eigenvalue weighted by atomic mass is 19.1. The first-order valence-electron chi connectivity index (χ1n) is 6.48. The summed E-state index contributed by atoms with van der Waals surface area (Å²) in [6.07, 6.45) is 0. The molecule has 0 heterocycles. The van der Waals surface area contributed by atoms with Crippen LogP contribution in [0.5, 0.6) is 0 Å². The van der Waals surface area contributed by atoms with E-state index in [-0.39, 0.29) is 11.3 Å². The predicted molar refractivity (Wildman–Crippen MR) is 79.8 cm³/mol. The molecule has 2 aromatic carbocycles.